The van der Waals surface area contributed by atoms with Crippen LogP contribution in [0.3, 0.4) is 0 Å². The lowest BCUT2D eigenvalue weighted by Crippen LogP contribution is -2.49. The Morgan fingerprint density at radius 1 is 1.75 bits per heavy atom. The lowest BCUT2D eigenvalue weighted by molar-refractivity contribution is -0.142. The van der Waals surface area contributed by atoms with Gasteiger partial charge in [0.25, 0.3) is 0 Å². The standard InChI is InChI=1S/C10H13ClN2O2S/c1-10(12-2,9(14)15)6-16-8-7(11)4-3-5-13-8/h3-5,12H,6H2,1-2H3,(H,14,15). The van der Waals surface area contributed by atoms with Crippen molar-refractivity contribution in [3.8, 4) is 0 Å². The van der Waals surface area contributed by atoms with Gasteiger partial charge in [0.1, 0.15) is 10.6 Å². The molecule has 0 aliphatic rings. The molecule has 6 heteroatoms. The Labute approximate surface area is 103 Å². The van der Waals surface area contributed by atoms with Crippen LogP contribution in [0.25, 0.3) is 0 Å². The zero-order valence-corrected chi connectivity index (χ0v) is 10.6. The molecule has 1 aromatic heterocycles. The number of carbonyl (C=O) groups is 1. The number of carboxylic acids is 1. The highest BCUT2D eigenvalue weighted by Crippen LogP contribution is 2.27. The Balaban J connectivity index is 2.71. The summed E-state index contributed by atoms with van der Waals surface area (Å²) in [4.78, 5) is 15.1. The van der Waals surface area contributed by atoms with Crippen LogP contribution < -0.4 is 5.32 Å². The van der Waals surface area contributed by atoms with Gasteiger partial charge in [-0.15, -0.1) is 11.8 Å². The highest BCUT2D eigenvalue weighted by atomic mass is 35.5. The zero-order valence-electron chi connectivity index (χ0n) is 9.03. The first-order valence-electron chi connectivity index (χ1n) is 4.65. The van der Waals surface area contributed by atoms with Gasteiger partial charge in [0.15, 0.2) is 0 Å². The first-order valence-corrected chi connectivity index (χ1v) is 6.01. The fourth-order valence-electron chi connectivity index (χ4n) is 0.931. The molecular weight excluding hydrogens is 248 g/mol. The molecule has 0 radical (unpaired) electrons. The van der Waals surface area contributed by atoms with E-state index in [4.69, 9.17) is 16.7 Å². The van der Waals surface area contributed by atoms with E-state index in [-0.39, 0.29) is 0 Å². The van der Waals surface area contributed by atoms with Crippen molar-refractivity contribution in [3.05, 3.63) is 23.4 Å². The van der Waals surface area contributed by atoms with Crippen LogP contribution in [-0.2, 0) is 4.79 Å². The van der Waals surface area contributed by atoms with Gasteiger partial charge in [0.2, 0.25) is 0 Å². The Bertz CT molecular complexity index is 389. The highest BCUT2D eigenvalue weighted by molar-refractivity contribution is 7.99. The van der Waals surface area contributed by atoms with E-state index in [0.717, 1.165) is 0 Å². The molecule has 0 saturated carbocycles. The van der Waals surface area contributed by atoms with E-state index in [0.29, 0.717) is 15.8 Å². The number of carboxylic acid groups (broad SMARTS) is 1. The molecule has 0 bridgehead atoms. The maximum atomic E-state index is 11.0. The molecule has 0 amide bonds. The van der Waals surface area contributed by atoms with Crippen molar-refractivity contribution in [3.63, 3.8) is 0 Å². The van der Waals surface area contributed by atoms with Crippen LogP contribution >= 0.6 is 23.4 Å². The summed E-state index contributed by atoms with van der Waals surface area (Å²) in [7, 11) is 1.62. The van der Waals surface area contributed by atoms with Crippen molar-refractivity contribution in [1.82, 2.24) is 10.3 Å². The molecule has 1 rings (SSSR count). The van der Waals surface area contributed by atoms with Crippen LogP contribution in [-0.4, -0.2) is 34.4 Å². The third-order valence-electron chi connectivity index (χ3n) is 2.25. The van der Waals surface area contributed by atoms with Crippen molar-refractivity contribution in [2.75, 3.05) is 12.8 Å². The Kier molecular flexibility index (Phi) is 4.58. The number of likely N-dealkylation sites (N-methyl/N-ethyl adjacent to an activating group) is 1. The zero-order chi connectivity index (χ0) is 12.2. The first-order chi connectivity index (χ1) is 7.49. The topological polar surface area (TPSA) is 62.2 Å². The van der Waals surface area contributed by atoms with E-state index in [2.05, 4.69) is 10.3 Å². The summed E-state index contributed by atoms with van der Waals surface area (Å²) in [5.74, 6) is -0.537. The van der Waals surface area contributed by atoms with Gasteiger partial charge in [-0.1, -0.05) is 11.6 Å². The average molecular weight is 261 g/mol. The number of thioether (sulfide) groups is 1. The number of nitrogens with zero attached hydrogens (tertiary/aromatic N) is 1. The summed E-state index contributed by atoms with van der Waals surface area (Å²) in [5.41, 5.74) is -0.981. The largest absolute Gasteiger partial charge is 0.480 e. The molecule has 16 heavy (non-hydrogen) atoms. The smallest absolute Gasteiger partial charge is 0.324 e. The van der Waals surface area contributed by atoms with Gasteiger partial charge in [0, 0.05) is 11.9 Å². The van der Waals surface area contributed by atoms with E-state index < -0.39 is 11.5 Å². The number of pyridine rings is 1. The van der Waals surface area contributed by atoms with Gasteiger partial charge < -0.3 is 10.4 Å². The molecule has 0 spiro atoms. The van der Waals surface area contributed by atoms with E-state index in [1.165, 1.54) is 11.8 Å². The molecule has 1 heterocycles. The lowest BCUT2D eigenvalue weighted by Gasteiger charge is -2.23. The summed E-state index contributed by atoms with van der Waals surface area (Å²) in [6, 6.07) is 3.47. The summed E-state index contributed by atoms with van der Waals surface area (Å²) in [6.45, 7) is 1.62. The van der Waals surface area contributed by atoms with Crippen molar-refractivity contribution < 1.29 is 9.90 Å². The molecule has 1 atom stereocenters. The third-order valence-corrected chi connectivity index (χ3v) is 3.98. The number of aromatic nitrogens is 1. The molecule has 0 aromatic carbocycles. The van der Waals surface area contributed by atoms with Gasteiger partial charge in [-0.3, -0.25) is 4.79 Å². The molecule has 0 fully saturated rings. The first kappa shape index (κ1) is 13.3. The molecule has 1 unspecified atom stereocenters. The molecular formula is C10H13ClN2O2S. The van der Waals surface area contributed by atoms with E-state index >= 15 is 0 Å². The minimum absolute atomic E-state index is 0.357. The maximum absolute atomic E-state index is 11.0. The summed E-state index contributed by atoms with van der Waals surface area (Å²) in [6.07, 6.45) is 1.63. The third kappa shape index (κ3) is 3.10. The van der Waals surface area contributed by atoms with Crippen molar-refractivity contribution in [2.24, 2.45) is 0 Å². The minimum atomic E-state index is -0.981. The van der Waals surface area contributed by atoms with Gasteiger partial charge >= 0.3 is 5.97 Å². The van der Waals surface area contributed by atoms with E-state index in [9.17, 15) is 4.79 Å². The predicted octanol–water partition coefficient (Wildman–Crippen LogP) is 1.89. The van der Waals surface area contributed by atoms with Crippen molar-refractivity contribution >= 4 is 29.3 Å². The maximum Gasteiger partial charge on any atom is 0.324 e. The summed E-state index contributed by atoms with van der Waals surface area (Å²) >= 11 is 7.25. The van der Waals surface area contributed by atoms with Crippen LogP contribution in [0.15, 0.2) is 23.4 Å². The van der Waals surface area contributed by atoms with Gasteiger partial charge in [-0.25, -0.2) is 4.98 Å². The Hall–Kier alpha value is -0.780. The number of halogens is 1. The van der Waals surface area contributed by atoms with Gasteiger partial charge in [-0.05, 0) is 26.1 Å². The SMILES string of the molecule is CNC(C)(CSc1ncccc1Cl)C(=O)O. The fraction of sp³-hybridized carbons (Fsp3) is 0.400. The minimum Gasteiger partial charge on any atom is -0.480 e. The van der Waals surface area contributed by atoms with Gasteiger partial charge in [0.05, 0.1) is 5.02 Å². The van der Waals surface area contributed by atoms with Crippen molar-refractivity contribution in [1.29, 1.82) is 0 Å². The van der Waals surface area contributed by atoms with Crippen LogP contribution in [0.5, 0.6) is 0 Å². The summed E-state index contributed by atoms with van der Waals surface area (Å²) < 4.78 is 0. The van der Waals surface area contributed by atoms with E-state index in [1.807, 2.05) is 0 Å². The number of rotatable bonds is 5. The van der Waals surface area contributed by atoms with Gasteiger partial charge in [-0.2, -0.15) is 0 Å². The van der Waals surface area contributed by atoms with Crippen LogP contribution in [0, 0.1) is 0 Å². The van der Waals surface area contributed by atoms with Crippen LogP contribution in [0.1, 0.15) is 6.92 Å². The lowest BCUT2D eigenvalue weighted by atomic mass is 10.1. The normalized spacial score (nSPS) is 14.4. The van der Waals surface area contributed by atoms with Crippen LogP contribution in [0.4, 0.5) is 0 Å². The fourth-order valence-corrected chi connectivity index (χ4v) is 2.25. The molecule has 2 N–H and O–H groups in total. The molecule has 0 aliphatic carbocycles. The number of aliphatic carboxylic acids is 1. The Morgan fingerprint density at radius 3 is 2.94 bits per heavy atom. The summed E-state index contributed by atoms with van der Waals surface area (Å²) in [5, 5.41) is 13.0. The second-order valence-electron chi connectivity index (χ2n) is 3.47. The van der Waals surface area contributed by atoms with E-state index in [1.54, 1.807) is 32.3 Å². The number of hydrogen-bond donors (Lipinski definition) is 2. The average Bonchev–Trinajstić information content (AvgIpc) is 2.27. The molecule has 0 saturated heterocycles. The number of hydrogen-bond acceptors (Lipinski definition) is 4. The number of nitrogens with one attached hydrogen (secondary N) is 1. The van der Waals surface area contributed by atoms with Crippen LogP contribution in [0.2, 0.25) is 5.02 Å². The molecule has 88 valence electrons. The molecule has 0 aliphatic heterocycles. The predicted molar refractivity (Wildman–Crippen MR) is 65.1 cm³/mol. The highest BCUT2D eigenvalue weighted by Gasteiger charge is 2.31. The monoisotopic (exact) mass is 260 g/mol. The second kappa shape index (κ2) is 5.52. The Morgan fingerprint density at radius 2 is 2.44 bits per heavy atom. The van der Waals surface area contributed by atoms with Crippen molar-refractivity contribution in [2.45, 2.75) is 17.5 Å². The quantitative estimate of drug-likeness (QED) is 0.792. The second-order valence-corrected chi connectivity index (χ2v) is 4.84. The molecule has 4 nitrogen and oxygen atoms in total. The molecule has 1 aromatic rings.